The lowest BCUT2D eigenvalue weighted by atomic mass is 10.0. The molecule has 8 heteroatoms. The molecule has 22 heavy (non-hydrogen) atoms. The zero-order valence-electron chi connectivity index (χ0n) is 13.0. The summed E-state index contributed by atoms with van der Waals surface area (Å²) in [5.41, 5.74) is 0.352. The SMILES string of the molecule is CN(C)C1CCCN(c2ccc([N+](=O)[O-])c(S(C)(=O)=O)c2)C1. The minimum absolute atomic E-state index is 0.220. The number of hydrogen-bond donors (Lipinski definition) is 0. The van der Waals surface area contributed by atoms with Gasteiger partial charge >= 0.3 is 0 Å². The summed E-state index contributed by atoms with van der Waals surface area (Å²) in [6, 6.07) is 4.73. The first-order valence-electron chi connectivity index (χ1n) is 7.10. The molecule has 1 fully saturated rings. The highest BCUT2D eigenvalue weighted by Gasteiger charge is 2.26. The number of hydrogen-bond acceptors (Lipinski definition) is 6. The maximum Gasteiger partial charge on any atom is 0.288 e. The van der Waals surface area contributed by atoms with E-state index in [0.29, 0.717) is 6.04 Å². The molecule has 0 saturated carbocycles. The molecule has 1 aliphatic heterocycles. The summed E-state index contributed by atoms with van der Waals surface area (Å²) in [6.07, 6.45) is 3.10. The molecule has 0 radical (unpaired) electrons. The summed E-state index contributed by atoms with van der Waals surface area (Å²) < 4.78 is 23.7. The van der Waals surface area contributed by atoms with Gasteiger partial charge < -0.3 is 9.80 Å². The van der Waals surface area contributed by atoms with Crippen molar-refractivity contribution < 1.29 is 13.3 Å². The zero-order chi connectivity index (χ0) is 16.5. The third-order valence-corrected chi connectivity index (χ3v) is 5.16. The second-order valence-electron chi connectivity index (χ2n) is 5.89. The average Bonchev–Trinajstić information content (AvgIpc) is 2.45. The van der Waals surface area contributed by atoms with Gasteiger partial charge in [-0.15, -0.1) is 0 Å². The summed E-state index contributed by atoms with van der Waals surface area (Å²) in [7, 11) is 0.391. The number of piperidine rings is 1. The average molecular weight is 327 g/mol. The Bertz CT molecular complexity index is 673. The van der Waals surface area contributed by atoms with Gasteiger partial charge in [0.25, 0.3) is 5.69 Å². The van der Waals surface area contributed by atoms with Crippen LogP contribution in [0.5, 0.6) is 0 Å². The van der Waals surface area contributed by atoms with E-state index in [1.807, 2.05) is 14.1 Å². The molecular formula is C14H21N3O4S. The van der Waals surface area contributed by atoms with Gasteiger partial charge in [-0.25, -0.2) is 8.42 Å². The van der Waals surface area contributed by atoms with Crippen LogP contribution in [0.4, 0.5) is 11.4 Å². The molecule has 122 valence electrons. The normalized spacial score (nSPS) is 19.5. The molecule has 0 spiro atoms. The van der Waals surface area contributed by atoms with Crippen LogP contribution in [-0.2, 0) is 9.84 Å². The Hall–Kier alpha value is -1.67. The van der Waals surface area contributed by atoms with E-state index in [0.717, 1.165) is 37.9 Å². The molecule has 0 bridgehead atoms. The van der Waals surface area contributed by atoms with E-state index in [1.54, 1.807) is 6.07 Å². The summed E-state index contributed by atoms with van der Waals surface area (Å²) in [5.74, 6) is 0. The van der Waals surface area contributed by atoms with Crippen LogP contribution < -0.4 is 4.90 Å². The van der Waals surface area contributed by atoms with Gasteiger partial charge in [-0.1, -0.05) is 0 Å². The molecule has 1 unspecified atom stereocenters. The van der Waals surface area contributed by atoms with Gasteiger partial charge in [-0.2, -0.15) is 0 Å². The fourth-order valence-corrected chi connectivity index (χ4v) is 3.62. The van der Waals surface area contributed by atoms with Crippen LogP contribution in [0.2, 0.25) is 0 Å². The molecule has 2 rings (SSSR count). The second-order valence-corrected chi connectivity index (χ2v) is 7.87. The maximum atomic E-state index is 11.8. The van der Waals surface area contributed by atoms with Gasteiger partial charge in [-0.05, 0) is 39.1 Å². The van der Waals surface area contributed by atoms with E-state index in [9.17, 15) is 18.5 Å². The molecule has 7 nitrogen and oxygen atoms in total. The maximum absolute atomic E-state index is 11.8. The molecule has 1 aliphatic rings. The van der Waals surface area contributed by atoms with E-state index < -0.39 is 14.8 Å². The van der Waals surface area contributed by atoms with Gasteiger partial charge in [0, 0.05) is 37.1 Å². The number of nitrogens with zero attached hydrogens (tertiary/aromatic N) is 3. The summed E-state index contributed by atoms with van der Waals surface area (Å²) >= 11 is 0. The van der Waals surface area contributed by atoms with Crippen LogP contribution in [0, 0.1) is 10.1 Å². The van der Waals surface area contributed by atoms with E-state index in [-0.39, 0.29) is 10.6 Å². The van der Waals surface area contributed by atoms with Crippen molar-refractivity contribution >= 4 is 21.2 Å². The van der Waals surface area contributed by atoms with Crippen LogP contribution >= 0.6 is 0 Å². The second kappa shape index (κ2) is 6.21. The Kier molecular flexibility index (Phi) is 4.72. The fraction of sp³-hybridized carbons (Fsp3) is 0.571. The smallest absolute Gasteiger partial charge is 0.288 e. The number of rotatable bonds is 4. The molecule has 1 atom stereocenters. The van der Waals surface area contributed by atoms with E-state index in [4.69, 9.17) is 0 Å². The van der Waals surface area contributed by atoms with Gasteiger partial charge in [0.2, 0.25) is 0 Å². The van der Waals surface area contributed by atoms with Crippen molar-refractivity contribution in [2.24, 2.45) is 0 Å². The number of nitro benzene ring substituents is 1. The van der Waals surface area contributed by atoms with Crippen molar-refractivity contribution in [3.8, 4) is 0 Å². The van der Waals surface area contributed by atoms with E-state index in [2.05, 4.69) is 9.80 Å². The quantitative estimate of drug-likeness (QED) is 0.616. The first-order valence-corrected chi connectivity index (χ1v) is 8.99. The van der Waals surface area contributed by atoms with Crippen molar-refractivity contribution in [2.75, 3.05) is 38.3 Å². The molecule has 1 heterocycles. The predicted molar refractivity (Wildman–Crippen MR) is 85.1 cm³/mol. The number of sulfone groups is 1. The Morgan fingerprint density at radius 1 is 1.36 bits per heavy atom. The zero-order valence-corrected chi connectivity index (χ0v) is 13.8. The number of nitro groups is 1. The molecule has 1 aromatic carbocycles. The van der Waals surface area contributed by atoms with Crippen LogP contribution in [-0.4, -0.2) is 57.7 Å². The first kappa shape index (κ1) is 16.7. The molecule has 1 aromatic rings. The molecule has 0 N–H and O–H groups in total. The molecule has 0 aromatic heterocycles. The van der Waals surface area contributed by atoms with Gasteiger partial charge in [-0.3, -0.25) is 10.1 Å². The van der Waals surface area contributed by atoms with Crippen LogP contribution in [0.1, 0.15) is 12.8 Å². The van der Waals surface area contributed by atoms with Crippen molar-refractivity contribution in [2.45, 2.75) is 23.8 Å². The Labute approximate surface area is 130 Å². The van der Waals surface area contributed by atoms with E-state index >= 15 is 0 Å². The summed E-state index contributed by atoms with van der Waals surface area (Å²) in [4.78, 5) is 14.4. The Balaban J connectivity index is 2.39. The lowest BCUT2D eigenvalue weighted by Crippen LogP contribution is -2.45. The third-order valence-electron chi connectivity index (χ3n) is 4.03. The van der Waals surface area contributed by atoms with Gasteiger partial charge in [0.1, 0.15) is 4.90 Å². The van der Waals surface area contributed by atoms with Crippen molar-refractivity contribution in [3.05, 3.63) is 28.3 Å². The Morgan fingerprint density at radius 3 is 2.59 bits per heavy atom. The summed E-state index contributed by atoms with van der Waals surface area (Å²) in [6.45, 7) is 1.61. The minimum atomic E-state index is -3.65. The number of likely N-dealkylation sites (N-methyl/N-ethyl adjacent to an activating group) is 1. The molecule has 0 amide bonds. The monoisotopic (exact) mass is 327 g/mol. The standard InChI is InChI=1S/C14H21N3O4S/c1-15(2)12-5-4-8-16(10-12)11-6-7-13(17(18)19)14(9-11)22(3,20)21/h6-7,9,12H,4-5,8,10H2,1-3H3. The molecule has 1 saturated heterocycles. The predicted octanol–water partition coefficient (Wildman–Crippen LogP) is 1.53. The first-order chi connectivity index (χ1) is 10.2. The number of benzene rings is 1. The van der Waals surface area contributed by atoms with Crippen LogP contribution in [0.25, 0.3) is 0 Å². The fourth-order valence-electron chi connectivity index (χ4n) is 2.76. The number of anilines is 1. The van der Waals surface area contributed by atoms with Crippen molar-refractivity contribution in [1.29, 1.82) is 0 Å². The minimum Gasteiger partial charge on any atom is -0.370 e. The molecule has 0 aliphatic carbocycles. The lowest BCUT2D eigenvalue weighted by molar-refractivity contribution is -0.387. The van der Waals surface area contributed by atoms with Gasteiger partial charge in [0.05, 0.1) is 4.92 Å². The van der Waals surface area contributed by atoms with Gasteiger partial charge in [0.15, 0.2) is 9.84 Å². The van der Waals surface area contributed by atoms with E-state index in [1.165, 1.54) is 12.1 Å². The topological polar surface area (TPSA) is 83.8 Å². The third kappa shape index (κ3) is 3.56. The molecular weight excluding hydrogens is 306 g/mol. The highest BCUT2D eigenvalue weighted by Crippen LogP contribution is 2.30. The summed E-state index contributed by atoms with van der Waals surface area (Å²) in [5, 5.41) is 11.0. The van der Waals surface area contributed by atoms with Crippen molar-refractivity contribution in [3.63, 3.8) is 0 Å². The van der Waals surface area contributed by atoms with Crippen LogP contribution in [0.15, 0.2) is 23.1 Å². The highest BCUT2D eigenvalue weighted by molar-refractivity contribution is 7.90. The largest absolute Gasteiger partial charge is 0.370 e. The highest BCUT2D eigenvalue weighted by atomic mass is 32.2. The van der Waals surface area contributed by atoms with Crippen LogP contribution in [0.3, 0.4) is 0 Å². The Morgan fingerprint density at radius 2 is 2.05 bits per heavy atom. The van der Waals surface area contributed by atoms with Crippen molar-refractivity contribution in [1.82, 2.24) is 4.90 Å². The lowest BCUT2D eigenvalue weighted by Gasteiger charge is -2.37.